The molecular formula is C25H34N4O4. The van der Waals surface area contributed by atoms with E-state index in [0.717, 1.165) is 56.3 Å². The minimum Gasteiger partial charge on any atom is -0.492 e. The number of carbonyl (C=O) groups is 1. The van der Waals surface area contributed by atoms with Gasteiger partial charge < -0.3 is 29.3 Å². The molecule has 2 saturated heterocycles. The second kappa shape index (κ2) is 11.2. The van der Waals surface area contributed by atoms with Crippen molar-refractivity contribution in [3.05, 3.63) is 36.0 Å². The predicted octanol–water partition coefficient (Wildman–Crippen LogP) is 3.96. The molecule has 0 aliphatic carbocycles. The zero-order valence-corrected chi connectivity index (χ0v) is 19.6. The number of ether oxygens (including phenoxy) is 3. The molecule has 1 aromatic heterocycles. The number of hydrogen-bond donors (Lipinski definition) is 1. The number of hydrogen-bond acceptors (Lipinski definition) is 7. The van der Waals surface area contributed by atoms with Crippen LogP contribution >= 0.6 is 0 Å². The molecule has 33 heavy (non-hydrogen) atoms. The topological polar surface area (TPSA) is 76.2 Å². The van der Waals surface area contributed by atoms with Crippen molar-refractivity contribution in [2.24, 2.45) is 0 Å². The molecule has 0 bridgehead atoms. The zero-order valence-electron chi connectivity index (χ0n) is 19.6. The minimum absolute atomic E-state index is 0.203. The van der Waals surface area contributed by atoms with E-state index in [2.05, 4.69) is 20.1 Å². The number of pyridine rings is 1. The SMILES string of the molecule is CCOc1cc(N2CCOCC2)c(OCC)cc1NC(=O)c1cccnc1N1CCCCC1. The number of anilines is 3. The van der Waals surface area contributed by atoms with Gasteiger partial charge in [0, 0.05) is 44.5 Å². The summed E-state index contributed by atoms with van der Waals surface area (Å²) in [5, 5.41) is 3.07. The van der Waals surface area contributed by atoms with Gasteiger partial charge in [0.05, 0.1) is 43.4 Å². The van der Waals surface area contributed by atoms with Gasteiger partial charge >= 0.3 is 0 Å². The molecule has 178 valence electrons. The maximum Gasteiger partial charge on any atom is 0.259 e. The van der Waals surface area contributed by atoms with Crippen LogP contribution in [0.2, 0.25) is 0 Å². The molecule has 0 radical (unpaired) electrons. The van der Waals surface area contributed by atoms with Crippen LogP contribution in [-0.2, 0) is 4.74 Å². The van der Waals surface area contributed by atoms with E-state index in [-0.39, 0.29) is 5.91 Å². The normalized spacial score (nSPS) is 16.4. The second-order valence-electron chi connectivity index (χ2n) is 8.16. The summed E-state index contributed by atoms with van der Waals surface area (Å²) in [6.45, 7) is 9.67. The Labute approximate surface area is 195 Å². The summed E-state index contributed by atoms with van der Waals surface area (Å²) in [4.78, 5) is 22.4. The van der Waals surface area contributed by atoms with Gasteiger partial charge in [-0.15, -0.1) is 0 Å². The van der Waals surface area contributed by atoms with Crippen LogP contribution < -0.4 is 24.6 Å². The fourth-order valence-electron chi connectivity index (χ4n) is 4.37. The number of benzene rings is 1. The number of rotatable bonds is 8. The third-order valence-electron chi connectivity index (χ3n) is 5.95. The Morgan fingerprint density at radius 1 is 1.00 bits per heavy atom. The van der Waals surface area contributed by atoms with E-state index < -0.39 is 0 Å². The Morgan fingerprint density at radius 2 is 1.73 bits per heavy atom. The largest absolute Gasteiger partial charge is 0.492 e. The first-order valence-corrected chi connectivity index (χ1v) is 12.0. The molecule has 2 fully saturated rings. The number of nitrogens with one attached hydrogen (secondary N) is 1. The molecular weight excluding hydrogens is 420 g/mol. The monoisotopic (exact) mass is 454 g/mol. The van der Waals surface area contributed by atoms with Gasteiger partial charge in [0.15, 0.2) is 0 Å². The molecule has 1 aromatic carbocycles. The van der Waals surface area contributed by atoms with Crippen molar-refractivity contribution in [1.82, 2.24) is 4.98 Å². The van der Waals surface area contributed by atoms with Crippen molar-refractivity contribution in [3.63, 3.8) is 0 Å². The summed E-state index contributed by atoms with van der Waals surface area (Å²) in [5.74, 6) is 1.88. The van der Waals surface area contributed by atoms with Gasteiger partial charge in [0.1, 0.15) is 17.3 Å². The Balaban J connectivity index is 1.64. The lowest BCUT2D eigenvalue weighted by atomic mass is 10.1. The van der Waals surface area contributed by atoms with Crippen molar-refractivity contribution < 1.29 is 19.0 Å². The smallest absolute Gasteiger partial charge is 0.259 e. The van der Waals surface area contributed by atoms with Crippen LogP contribution in [0.25, 0.3) is 0 Å². The van der Waals surface area contributed by atoms with E-state index in [1.54, 1.807) is 12.3 Å². The Kier molecular flexibility index (Phi) is 7.88. The summed E-state index contributed by atoms with van der Waals surface area (Å²) in [6.07, 6.45) is 5.20. The lowest BCUT2D eigenvalue weighted by molar-refractivity contribution is 0.102. The van der Waals surface area contributed by atoms with Gasteiger partial charge in [0.25, 0.3) is 5.91 Å². The van der Waals surface area contributed by atoms with Crippen LogP contribution in [0.5, 0.6) is 11.5 Å². The molecule has 0 atom stereocenters. The molecule has 8 heteroatoms. The minimum atomic E-state index is -0.203. The first-order chi connectivity index (χ1) is 16.2. The highest BCUT2D eigenvalue weighted by molar-refractivity contribution is 6.08. The maximum atomic E-state index is 13.4. The van der Waals surface area contributed by atoms with Crippen LogP contribution in [0.15, 0.2) is 30.5 Å². The van der Waals surface area contributed by atoms with Gasteiger partial charge in [-0.2, -0.15) is 0 Å². The van der Waals surface area contributed by atoms with Gasteiger partial charge in [-0.25, -0.2) is 4.98 Å². The highest BCUT2D eigenvalue weighted by Crippen LogP contribution is 2.39. The fraction of sp³-hybridized carbons (Fsp3) is 0.520. The molecule has 1 amide bonds. The van der Waals surface area contributed by atoms with Crippen LogP contribution in [0.1, 0.15) is 43.5 Å². The molecule has 2 aliphatic heterocycles. The highest BCUT2D eigenvalue weighted by Gasteiger charge is 2.23. The summed E-state index contributed by atoms with van der Waals surface area (Å²) >= 11 is 0. The van der Waals surface area contributed by atoms with E-state index in [4.69, 9.17) is 14.2 Å². The first-order valence-electron chi connectivity index (χ1n) is 12.0. The van der Waals surface area contributed by atoms with Gasteiger partial charge in [0.2, 0.25) is 0 Å². The molecule has 0 spiro atoms. The van der Waals surface area contributed by atoms with Crippen molar-refractivity contribution in [2.45, 2.75) is 33.1 Å². The third kappa shape index (κ3) is 5.50. The Bertz CT molecular complexity index is 940. The number of nitrogens with zero attached hydrogens (tertiary/aromatic N) is 3. The Morgan fingerprint density at radius 3 is 2.45 bits per heavy atom. The standard InChI is InChI=1S/C25H34N4O4/c1-3-32-22-18-21(28-13-15-31-16-14-28)23(33-4-2)17-20(22)27-25(30)19-9-8-10-26-24(19)29-11-6-5-7-12-29/h8-10,17-18H,3-7,11-16H2,1-2H3,(H,27,30). The molecule has 0 unspecified atom stereocenters. The Hall–Kier alpha value is -3.00. The number of piperidine rings is 1. The van der Waals surface area contributed by atoms with E-state index in [1.807, 2.05) is 32.0 Å². The van der Waals surface area contributed by atoms with Crippen molar-refractivity contribution in [2.75, 3.05) is 67.7 Å². The zero-order chi connectivity index (χ0) is 23.0. The van der Waals surface area contributed by atoms with E-state index in [1.165, 1.54) is 6.42 Å². The van der Waals surface area contributed by atoms with Crippen molar-refractivity contribution in [1.29, 1.82) is 0 Å². The van der Waals surface area contributed by atoms with Gasteiger partial charge in [-0.1, -0.05) is 0 Å². The predicted molar refractivity (Wildman–Crippen MR) is 130 cm³/mol. The van der Waals surface area contributed by atoms with Crippen LogP contribution in [-0.4, -0.2) is 63.5 Å². The number of amides is 1. The summed E-state index contributed by atoms with van der Waals surface area (Å²) in [5.41, 5.74) is 2.12. The van der Waals surface area contributed by atoms with Crippen LogP contribution in [0.4, 0.5) is 17.2 Å². The average Bonchev–Trinajstić information content (AvgIpc) is 2.87. The van der Waals surface area contributed by atoms with E-state index in [9.17, 15) is 4.79 Å². The quantitative estimate of drug-likeness (QED) is 0.647. The summed E-state index contributed by atoms with van der Waals surface area (Å²) < 4.78 is 17.4. The lowest BCUT2D eigenvalue weighted by Crippen LogP contribution is -2.36. The average molecular weight is 455 g/mol. The molecule has 4 rings (SSSR count). The first kappa shape index (κ1) is 23.2. The summed E-state index contributed by atoms with van der Waals surface area (Å²) in [7, 11) is 0. The fourth-order valence-corrected chi connectivity index (χ4v) is 4.37. The van der Waals surface area contributed by atoms with E-state index >= 15 is 0 Å². The lowest BCUT2D eigenvalue weighted by Gasteiger charge is -2.31. The van der Waals surface area contributed by atoms with Crippen LogP contribution in [0, 0.1) is 0 Å². The number of aromatic nitrogens is 1. The number of morpholine rings is 1. The van der Waals surface area contributed by atoms with E-state index in [0.29, 0.717) is 43.4 Å². The second-order valence-corrected chi connectivity index (χ2v) is 8.16. The van der Waals surface area contributed by atoms with Gasteiger partial charge in [-0.05, 0) is 45.2 Å². The van der Waals surface area contributed by atoms with Crippen molar-refractivity contribution in [3.8, 4) is 11.5 Å². The number of carbonyl (C=O) groups excluding carboxylic acids is 1. The van der Waals surface area contributed by atoms with Crippen LogP contribution in [0.3, 0.4) is 0 Å². The maximum absolute atomic E-state index is 13.4. The van der Waals surface area contributed by atoms with Gasteiger partial charge in [-0.3, -0.25) is 4.79 Å². The summed E-state index contributed by atoms with van der Waals surface area (Å²) in [6, 6.07) is 7.47. The molecule has 8 nitrogen and oxygen atoms in total. The highest BCUT2D eigenvalue weighted by atomic mass is 16.5. The molecule has 2 aromatic rings. The molecule has 1 N–H and O–H groups in total. The van der Waals surface area contributed by atoms with Crippen molar-refractivity contribution >= 4 is 23.1 Å². The molecule has 3 heterocycles. The third-order valence-corrected chi connectivity index (χ3v) is 5.95. The molecule has 0 saturated carbocycles. The molecule has 2 aliphatic rings.